The van der Waals surface area contributed by atoms with Gasteiger partial charge in [0.1, 0.15) is 0 Å². The molecule has 6 nitrogen and oxygen atoms in total. The van der Waals surface area contributed by atoms with E-state index in [1.54, 1.807) is 25.4 Å². The normalized spacial score (nSPS) is 13.3. The average Bonchev–Trinajstić information content (AvgIpc) is 2.86. The van der Waals surface area contributed by atoms with Crippen LogP contribution in [0.3, 0.4) is 0 Å². The van der Waals surface area contributed by atoms with E-state index >= 15 is 0 Å². The van der Waals surface area contributed by atoms with Gasteiger partial charge in [-0.2, -0.15) is 0 Å². The predicted molar refractivity (Wildman–Crippen MR) is 162 cm³/mol. The fourth-order valence-corrected chi connectivity index (χ4v) is 6.03. The van der Waals surface area contributed by atoms with Crippen molar-refractivity contribution in [1.82, 2.24) is 4.98 Å². The summed E-state index contributed by atoms with van der Waals surface area (Å²) in [5, 5.41) is 1.02. The second kappa shape index (κ2) is 10.9. The minimum Gasteiger partial charge on any atom is -0.300 e. The highest BCUT2D eigenvalue weighted by Crippen LogP contribution is 2.34. The average molecular weight is 561 g/mol. The van der Waals surface area contributed by atoms with E-state index in [0.29, 0.717) is 11.1 Å². The molecule has 0 saturated heterocycles. The molecule has 4 aromatic rings. The van der Waals surface area contributed by atoms with Gasteiger partial charge in [-0.3, -0.25) is 9.98 Å². The smallest absolute Gasteiger partial charge is 0.175 e. The molecule has 1 aromatic heterocycles. The van der Waals surface area contributed by atoms with Gasteiger partial charge in [0.05, 0.1) is 16.2 Å². The van der Waals surface area contributed by atoms with Crippen LogP contribution >= 0.6 is 0 Å². The summed E-state index contributed by atoms with van der Waals surface area (Å²) in [4.78, 5) is 9.11. The molecule has 0 bridgehead atoms. The number of aromatic nitrogens is 1. The van der Waals surface area contributed by atoms with E-state index in [-0.39, 0.29) is 16.1 Å². The van der Waals surface area contributed by atoms with E-state index in [9.17, 15) is 16.8 Å². The lowest BCUT2D eigenvalue weighted by Crippen LogP contribution is -2.19. The number of aliphatic imine (C=N–C) groups is 1. The Morgan fingerprint density at radius 3 is 2.28 bits per heavy atom. The van der Waals surface area contributed by atoms with Gasteiger partial charge >= 0.3 is 0 Å². The Balaban J connectivity index is 1.86. The van der Waals surface area contributed by atoms with Crippen molar-refractivity contribution in [2.24, 2.45) is 4.99 Å². The highest BCUT2D eigenvalue weighted by molar-refractivity contribution is 7.91. The summed E-state index contributed by atoms with van der Waals surface area (Å²) in [6, 6.07) is 22.4. The molecule has 39 heavy (non-hydrogen) atoms. The van der Waals surface area contributed by atoms with Gasteiger partial charge in [-0.15, -0.1) is 0 Å². The number of hydrogen-bond acceptors (Lipinski definition) is 6. The molecule has 4 rings (SSSR count). The lowest BCUT2D eigenvalue weighted by Gasteiger charge is -2.22. The Labute approximate surface area is 231 Å². The first-order chi connectivity index (χ1) is 18.3. The van der Waals surface area contributed by atoms with Crippen molar-refractivity contribution in [3.05, 3.63) is 95.7 Å². The summed E-state index contributed by atoms with van der Waals surface area (Å²) in [7, 11) is -4.95. The monoisotopic (exact) mass is 560 g/mol. The molecule has 8 heteroatoms. The van der Waals surface area contributed by atoms with Gasteiger partial charge in [0, 0.05) is 48.3 Å². The molecular formula is C31H32N2O4S2. The third-order valence-electron chi connectivity index (χ3n) is 6.51. The van der Waals surface area contributed by atoms with E-state index in [2.05, 4.69) is 36.0 Å². The fraction of sp³-hybridized carbons (Fsp3) is 0.226. The first kappa shape index (κ1) is 28.4. The summed E-state index contributed by atoms with van der Waals surface area (Å²) < 4.78 is 48.4. The van der Waals surface area contributed by atoms with Gasteiger partial charge in [0.2, 0.25) is 0 Å². The van der Waals surface area contributed by atoms with Crippen LogP contribution in [-0.4, -0.2) is 53.3 Å². The van der Waals surface area contributed by atoms with Gasteiger partial charge in [-0.1, -0.05) is 56.3 Å². The van der Waals surface area contributed by atoms with Crippen molar-refractivity contribution in [3.63, 3.8) is 0 Å². The molecule has 0 aliphatic carbocycles. The van der Waals surface area contributed by atoms with Crippen LogP contribution in [0.1, 0.15) is 30.5 Å². The van der Waals surface area contributed by atoms with Crippen LogP contribution < -0.4 is 0 Å². The van der Waals surface area contributed by atoms with Gasteiger partial charge in [-0.25, -0.2) is 16.8 Å². The number of pyridine rings is 1. The number of hydrogen-bond donors (Lipinski definition) is 0. The highest BCUT2D eigenvalue weighted by Gasteiger charge is 2.21. The van der Waals surface area contributed by atoms with Crippen LogP contribution in [0.15, 0.2) is 88.9 Å². The Hall–Kier alpha value is -3.62. The number of sulfone groups is 2. The Kier molecular flexibility index (Phi) is 7.91. The van der Waals surface area contributed by atoms with Crippen molar-refractivity contribution in [2.45, 2.75) is 24.2 Å². The lowest BCUT2D eigenvalue weighted by molar-refractivity contribution is 0.601. The molecule has 0 fully saturated rings. The zero-order valence-corrected chi connectivity index (χ0v) is 24.3. The second-order valence-electron chi connectivity index (χ2n) is 10.4. The topological polar surface area (TPSA) is 93.5 Å². The third-order valence-corrected chi connectivity index (χ3v) is 8.47. The molecule has 0 unspecified atom stereocenters. The van der Waals surface area contributed by atoms with Gasteiger partial charge < -0.3 is 0 Å². The lowest BCUT2D eigenvalue weighted by atomic mass is 9.83. The maximum atomic E-state index is 12.3. The Morgan fingerprint density at radius 1 is 0.923 bits per heavy atom. The van der Waals surface area contributed by atoms with Crippen LogP contribution in [0.25, 0.3) is 33.7 Å². The van der Waals surface area contributed by atoms with Crippen LogP contribution in [0, 0.1) is 0 Å². The summed E-state index contributed by atoms with van der Waals surface area (Å²) in [5.41, 5.74) is 5.66. The van der Waals surface area contributed by atoms with Crippen molar-refractivity contribution in [1.29, 1.82) is 0 Å². The zero-order chi connectivity index (χ0) is 28.4. The highest BCUT2D eigenvalue weighted by atomic mass is 32.2. The van der Waals surface area contributed by atoms with Crippen molar-refractivity contribution >= 4 is 48.4 Å². The molecular weight excluding hydrogens is 528 g/mol. The van der Waals surface area contributed by atoms with Crippen molar-refractivity contribution < 1.29 is 16.8 Å². The van der Waals surface area contributed by atoms with E-state index in [1.165, 1.54) is 18.4 Å². The first-order valence-corrected chi connectivity index (χ1v) is 16.3. The molecule has 1 heterocycles. The second-order valence-corrected chi connectivity index (χ2v) is 14.5. The largest absolute Gasteiger partial charge is 0.300 e. The van der Waals surface area contributed by atoms with Crippen LogP contribution in [0.2, 0.25) is 0 Å². The number of nitrogens with zero attached hydrogens (tertiary/aromatic N) is 2. The molecule has 0 atom stereocenters. The molecule has 0 amide bonds. The Morgan fingerprint density at radius 2 is 1.64 bits per heavy atom. The predicted octanol–water partition coefficient (Wildman–Crippen LogP) is 5.87. The van der Waals surface area contributed by atoms with Gasteiger partial charge in [0.25, 0.3) is 0 Å². The molecule has 0 spiro atoms. The van der Waals surface area contributed by atoms with Crippen LogP contribution in [-0.2, 0) is 25.1 Å². The van der Waals surface area contributed by atoms with Crippen molar-refractivity contribution in [3.8, 4) is 11.1 Å². The van der Waals surface area contributed by atoms with Gasteiger partial charge in [-0.05, 0) is 64.2 Å². The fourth-order valence-electron chi connectivity index (χ4n) is 4.59. The van der Waals surface area contributed by atoms with E-state index < -0.39 is 19.7 Å². The molecule has 0 aliphatic rings. The van der Waals surface area contributed by atoms with E-state index in [1.807, 2.05) is 48.7 Å². The number of rotatable bonds is 8. The molecule has 0 saturated carbocycles. The quantitative estimate of drug-likeness (QED) is 0.199. The number of fused-ring (bicyclic) bond motifs is 1. The summed E-state index contributed by atoms with van der Waals surface area (Å²) in [6.45, 7) is 4.24. The first-order valence-electron chi connectivity index (χ1n) is 12.4. The maximum absolute atomic E-state index is 12.3. The van der Waals surface area contributed by atoms with E-state index in [0.717, 1.165) is 39.4 Å². The standard InChI is InChI=1S/C31H32N2O4S2/c1-31(2,21-32-3)27-18-25-10-7-15-33-30(25)29(19-27)24-9-6-8-22(16-24)17-26(20-38(4,34)35)23-11-13-28(14-12-23)39(5,36)37/h6-19,21H,20H2,1-5H3/b26-17+,32-21?. The molecule has 0 radical (unpaired) electrons. The molecule has 0 aliphatic heterocycles. The number of benzene rings is 3. The van der Waals surface area contributed by atoms with Crippen LogP contribution in [0.5, 0.6) is 0 Å². The molecule has 202 valence electrons. The summed E-state index contributed by atoms with van der Waals surface area (Å²) >= 11 is 0. The zero-order valence-electron chi connectivity index (χ0n) is 22.7. The maximum Gasteiger partial charge on any atom is 0.175 e. The summed E-state index contributed by atoms with van der Waals surface area (Å²) in [6.07, 6.45) is 7.88. The minimum atomic E-state index is -3.36. The third kappa shape index (κ3) is 6.88. The SMILES string of the molecule is CN=CC(C)(C)c1cc(-c2cccc(/C=C(\CS(C)(=O)=O)c3ccc(S(C)(=O)=O)cc3)c2)c2ncccc2c1. The summed E-state index contributed by atoms with van der Waals surface area (Å²) in [5.74, 6) is -0.181. The van der Waals surface area contributed by atoms with Gasteiger partial charge in [0.15, 0.2) is 19.7 Å². The van der Waals surface area contributed by atoms with Crippen LogP contribution in [0.4, 0.5) is 0 Å². The molecule has 3 aromatic carbocycles. The minimum absolute atomic E-state index is 0.181. The van der Waals surface area contributed by atoms with Crippen molar-refractivity contribution in [2.75, 3.05) is 25.3 Å². The van der Waals surface area contributed by atoms with E-state index in [4.69, 9.17) is 0 Å². The Bertz CT molecular complexity index is 1800. The molecule has 0 N–H and O–H groups in total.